The first-order chi connectivity index (χ1) is 6.85. The molecule has 82 valence electrons. The molecule has 2 saturated carbocycles. The Kier molecular flexibility index (Phi) is 3.73. The Morgan fingerprint density at radius 2 is 1.64 bits per heavy atom. The van der Waals surface area contributed by atoms with Crippen LogP contribution in [0.25, 0.3) is 0 Å². The molecule has 0 aromatic carbocycles. The molecule has 2 aliphatic carbocycles. The van der Waals surface area contributed by atoms with Crippen LogP contribution in [0.1, 0.15) is 57.8 Å². The fraction of sp³-hybridized carbons (Fsp3) is 1.00. The zero-order chi connectivity index (χ0) is 9.86. The molecule has 0 amide bonds. The van der Waals surface area contributed by atoms with Gasteiger partial charge in [0.1, 0.15) is 0 Å². The lowest BCUT2D eigenvalue weighted by Gasteiger charge is -2.44. The third kappa shape index (κ3) is 2.43. The summed E-state index contributed by atoms with van der Waals surface area (Å²) in [4.78, 5) is 0. The third-order valence-corrected chi connectivity index (χ3v) is 4.44. The average Bonchev–Trinajstić information content (AvgIpc) is 2.39. The van der Waals surface area contributed by atoms with E-state index in [4.69, 9.17) is 11.6 Å². The minimum Gasteiger partial charge on any atom is -0.307 e. The summed E-state index contributed by atoms with van der Waals surface area (Å²) in [5.74, 6) is 0.809. The van der Waals surface area contributed by atoms with Crippen molar-refractivity contribution in [2.75, 3.05) is 5.88 Å². The van der Waals surface area contributed by atoms with Crippen molar-refractivity contribution >= 4 is 11.6 Å². The third-order valence-electron chi connectivity index (χ3n) is 3.93. The van der Waals surface area contributed by atoms with Crippen molar-refractivity contribution in [2.24, 2.45) is 0 Å². The van der Waals surface area contributed by atoms with Crippen molar-refractivity contribution in [1.29, 1.82) is 0 Å². The Morgan fingerprint density at radius 3 is 2.07 bits per heavy atom. The highest BCUT2D eigenvalue weighted by Gasteiger charge is 2.37. The van der Waals surface area contributed by atoms with E-state index in [1.165, 1.54) is 57.8 Å². The van der Waals surface area contributed by atoms with Gasteiger partial charge in [0, 0.05) is 17.5 Å². The molecule has 2 rings (SSSR count). The minimum absolute atomic E-state index is 0.330. The predicted octanol–water partition coefficient (Wildman–Crippen LogP) is 3.46. The summed E-state index contributed by atoms with van der Waals surface area (Å²) in [5.41, 5.74) is 0.330. The molecule has 0 aromatic rings. The molecule has 0 aliphatic heterocycles. The van der Waals surface area contributed by atoms with E-state index in [-0.39, 0.29) is 0 Å². The zero-order valence-corrected chi connectivity index (χ0v) is 9.78. The molecule has 2 aliphatic rings. The Bertz CT molecular complexity index is 164. The number of rotatable bonds is 3. The van der Waals surface area contributed by atoms with Crippen LogP contribution in [0, 0.1) is 0 Å². The summed E-state index contributed by atoms with van der Waals surface area (Å²) in [6, 6.07) is 0.761. The number of nitrogens with one attached hydrogen (secondary N) is 1. The molecule has 0 atom stereocenters. The van der Waals surface area contributed by atoms with E-state index in [9.17, 15) is 0 Å². The summed E-state index contributed by atoms with van der Waals surface area (Å²) >= 11 is 6.06. The SMILES string of the molecule is ClCC1(NC2CCCCCC2)CCC1. The second-order valence-electron chi connectivity index (χ2n) is 5.10. The van der Waals surface area contributed by atoms with Gasteiger partial charge in [0.05, 0.1) is 0 Å². The quantitative estimate of drug-likeness (QED) is 0.562. The molecule has 1 nitrogen and oxygen atoms in total. The smallest absolute Gasteiger partial charge is 0.0406 e. The van der Waals surface area contributed by atoms with E-state index in [2.05, 4.69) is 5.32 Å². The summed E-state index contributed by atoms with van der Waals surface area (Å²) in [7, 11) is 0. The Morgan fingerprint density at radius 1 is 1.00 bits per heavy atom. The average molecular weight is 216 g/mol. The van der Waals surface area contributed by atoms with Gasteiger partial charge in [-0.3, -0.25) is 0 Å². The number of hydrogen-bond donors (Lipinski definition) is 1. The van der Waals surface area contributed by atoms with Gasteiger partial charge in [0.2, 0.25) is 0 Å². The van der Waals surface area contributed by atoms with Crippen molar-refractivity contribution in [3.05, 3.63) is 0 Å². The van der Waals surface area contributed by atoms with E-state index in [1.807, 2.05) is 0 Å². The topological polar surface area (TPSA) is 12.0 Å². The van der Waals surface area contributed by atoms with Crippen LogP contribution in [0.5, 0.6) is 0 Å². The lowest BCUT2D eigenvalue weighted by molar-refractivity contribution is 0.182. The first kappa shape index (κ1) is 10.8. The van der Waals surface area contributed by atoms with Gasteiger partial charge in [-0.05, 0) is 32.1 Å². The predicted molar refractivity (Wildman–Crippen MR) is 61.9 cm³/mol. The van der Waals surface area contributed by atoms with Crippen LogP contribution in [0.4, 0.5) is 0 Å². The van der Waals surface area contributed by atoms with Gasteiger partial charge in [-0.25, -0.2) is 0 Å². The van der Waals surface area contributed by atoms with E-state index in [0.29, 0.717) is 5.54 Å². The molecule has 2 fully saturated rings. The van der Waals surface area contributed by atoms with Crippen LogP contribution < -0.4 is 5.32 Å². The summed E-state index contributed by atoms with van der Waals surface area (Å²) in [6.07, 6.45) is 12.4. The van der Waals surface area contributed by atoms with Crippen LogP contribution in [-0.2, 0) is 0 Å². The van der Waals surface area contributed by atoms with Gasteiger partial charge in [0.15, 0.2) is 0 Å². The van der Waals surface area contributed by atoms with Gasteiger partial charge >= 0.3 is 0 Å². The van der Waals surface area contributed by atoms with Gasteiger partial charge < -0.3 is 5.32 Å². The molecule has 0 unspecified atom stereocenters. The Labute approximate surface area is 92.6 Å². The molecule has 0 saturated heterocycles. The molecule has 2 heteroatoms. The summed E-state index contributed by atoms with van der Waals surface area (Å²) in [5, 5.41) is 3.83. The van der Waals surface area contributed by atoms with Crippen molar-refractivity contribution in [1.82, 2.24) is 5.32 Å². The fourth-order valence-electron chi connectivity index (χ4n) is 2.78. The maximum Gasteiger partial charge on any atom is 0.0406 e. The van der Waals surface area contributed by atoms with E-state index < -0.39 is 0 Å². The lowest BCUT2D eigenvalue weighted by atomic mass is 9.77. The van der Waals surface area contributed by atoms with E-state index in [1.54, 1.807) is 0 Å². The monoisotopic (exact) mass is 215 g/mol. The highest BCUT2D eigenvalue weighted by atomic mass is 35.5. The maximum absolute atomic E-state index is 6.06. The van der Waals surface area contributed by atoms with E-state index >= 15 is 0 Å². The van der Waals surface area contributed by atoms with E-state index in [0.717, 1.165) is 11.9 Å². The molecule has 14 heavy (non-hydrogen) atoms. The van der Waals surface area contributed by atoms with Crippen LogP contribution in [0.15, 0.2) is 0 Å². The largest absolute Gasteiger partial charge is 0.307 e. The van der Waals surface area contributed by atoms with Gasteiger partial charge in [-0.15, -0.1) is 11.6 Å². The summed E-state index contributed by atoms with van der Waals surface area (Å²) in [6.45, 7) is 0. The first-order valence-corrected chi connectivity index (χ1v) is 6.72. The molecule has 0 spiro atoms. The Balaban J connectivity index is 1.82. The second kappa shape index (κ2) is 4.85. The zero-order valence-electron chi connectivity index (χ0n) is 9.03. The maximum atomic E-state index is 6.06. The van der Waals surface area contributed by atoms with Crippen LogP contribution in [0.2, 0.25) is 0 Å². The number of alkyl halides is 1. The van der Waals surface area contributed by atoms with Gasteiger partial charge in [-0.1, -0.05) is 25.7 Å². The van der Waals surface area contributed by atoms with Crippen molar-refractivity contribution in [3.8, 4) is 0 Å². The second-order valence-corrected chi connectivity index (χ2v) is 5.37. The van der Waals surface area contributed by atoms with Gasteiger partial charge in [0.25, 0.3) is 0 Å². The minimum atomic E-state index is 0.330. The molecular formula is C12H22ClN. The number of hydrogen-bond acceptors (Lipinski definition) is 1. The molecule has 1 N–H and O–H groups in total. The number of halogens is 1. The molecular weight excluding hydrogens is 194 g/mol. The first-order valence-electron chi connectivity index (χ1n) is 6.18. The highest BCUT2D eigenvalue weighted by molar-refractivity contribution is 6.18. The van der Waals surface area contributed by atoms with Gasteiger partial charge in [-0.2, -0.15) is 0 Å². The normalized spacial score (nSPS) is 28.1. The standard InChI is InChI=1S/C12H22ClN/c13-10-12(8-5-9-12)14-11-6-3-1-2-4-7-11/h11,14H,1-10H2. The highest BCUT2D eigenvalue weighted by Crippen LogP contribution is 2.34. The lowest BCUT2D eigenvalue weighted by Crippen LogP contribution is -2.56. The van der Waals surface area contributed by atoms with Crippen LogP contribution >= 0.6 is 11.6 Å². The van der Waals surface area contributed by atoms with Crippen molar-refractivity contribution in [2.45, 2.75) is 69.4 Å². The molecule has 0 heterocycles. The van der Waals surface area contributed by atoms with Crippen LogP contribution in [0.3, 0.4) is 0 Å². The molecule has 0 radical (unpaired) electrons. The molecule has 0 bridgehead atoms. The molecule has 0 aromatic heterocycles. The fourth-order valence-corrected chi connectivity index (χ4v) is 3.12. The van der Waals surface area contributed by atoms with Crippen molar-refractivity contribution < 1.29 is 0 Å². The van der Waals surface area contributed by atoms with Crippen LogP contribution in [-0.4, -0.2) is 17.5 Å². The van der Waals surface area contributed by atoms with Crippen molar-refractivity contribution in [3.63, 3.8) is 0 Å². The summed E-state index contributed by atoms with van der Waals surface area (Å²) < 4.78 is 0. The Hall–Kier alpha value is 0.250.